The Balaban J connectivity index is 1.97. The molecule has 0 spiro atoms. The van der Waals surface area contributed by atoms with E-state index in [0.717, 1.165) is 41.2 Å². The van der Waals surface area contributed by atoms with E-state index < -0.39 is 0 Å². The van der Waals surface area contributed by atoms with Gasteiger partial charge in [0, 0.05) is 22.8 Å². The number of ether oxygens (including phenoxy) is 1. The summed E-state index contributed by atoms with van der Waals surface area (Å²) in [6.45, 7) is 7.90. The van der Waals surface area contributed by atoms with Crippen LogP contribution in [0.15, 0.2) is 0 Å². The molecule has 1 aromatic heterocycles. The van der Waals surface area contributed by atoms with Gasteiger partial charge in [0.15, 0.2) is 6.54 Å². The molecule has 0 bridgehead atoms. The monoisotopic (exact) mass is 296 g/mol. The Morgan fingerprint density at radius 3 is 2.45 bits per heavy atom. The number of carbonyl (C=O) groups is 1. The summed E-state index contributed by atoms with van der Waals surface area (Å²) in [4.78, 5) is 14.3. The van der Waals surface area contributed by atoms with E-state index in [4.69, 9.17) is 4.74 Å². The van der Waals surface area contributed by atoms with Gasteiger partial charge in [-0.2, -0.15) is 0 Å². The number of carbonyl (C=O) groups excluding carboxylic acids is 1. The molecule has 20 heavy (non-hydrogen) atoms. The lowest BCUT2D eigenvalue weighted by Crippen LogP contribution is -2.23. The molecule has 2 rings (SSSR count). The maximum Gasteiger partial charge on any atom is 0.424 e. The third kappa shape index (κ3) is 2.79. The number of rotatable bonds is 7. The molecule has 0 fully saturated rings. The number of aliphatic hydroxyl groups excluding tert-OH is 1. The summed E-state index contributed by atoms with van der Waals surface area (Å²) < 4.78 is 6.96. The molecular formula is C15H22NO3S+. The topological polar surface area (TPSA) is 49.5 Å². The first kappa shape index (κ1) is 15.2. The number of nitrogens with zero attached hydrogens (tertiary/aromatic N) is 1. The summed E-state index contributed by atoms with van der Waals surface area (Å²) in [6.07, 6.45) is 2.93. The largest absolute Gasteiger partial charge is 0.459 e. The van der Waals surface area contributed by atoms with Crippen molar-refractivity contribution in [2.75, 3.05) is 19.8 Å². The number of thiophene rings is 1. The van der Waals surface area contributed by atoms with Gasteiger partial charge in [0.2, 0.25) is 0 Å². The molecule has 5 heteroatoms. The molecule has 1 N–H and O–H groups in total. The van der Waals surface area contributed by atoms with Crippen LogP contribution in [-0.4, -0.2) is 41.2 Å². The van der Waals surface area contributed by atoms with E-state index in [0.29, 0.717) is 18.7 Å². The van der Waals surface area contributed by atoms with Crippen LogP contribution in [-0.2, 0) is 4.74 Å². The number of amides is 1. The van der Waals surface area contributed by atoms with Crippen molar-refractivity contribution in [2.24, 2.45) is 0 Å². The zero-order chi connectivity index (χ0) is 14.7. The van der Waals surface area contributed by atoms with E-state index in [1.807, 2.05) is 13.8 Å². The normalized spacial score (nSPS) is 14.2. The number of fused-ring (bicyclic) bond motifs is 1. The smallest absolute Gasteiger partial charge is 0.424 e. The molecule has 1 aliphatic heterocycles. The molecule has 4 nitrogen and oxygen atoms in total. The molecule has 2 heterocycles. The van der Waals surface area contributed by atoms with Crippen molar-refractivity contribution < 1.29 is 19.2 Å². The molecule has 0 saturated carbocycles. The first-order valence-electron chi connectivity index (χ1n) is 7.13. The van der Waals surface area contributed by atoms with Gasteiger partial charge >= 0.3 is 11.8 Å². The lowest BCUT2D eigenvalue weighted by molar-refractivity contribution is -0.434. The minimum atomic E-state index is -0.0760. The average molecular weight is 296 g/mol. The third-order valence-corrected chi connectivity index (χ3v) is 4.53. The molecule has 1 aliphatic rings. The van der Waals surface area contributed by atoms with Crippen LogP contribution in [0.5, 0.6) is 0 Å². The Hall–Kier alpha value is -1.20. The molecule has 110 valence electrons. The Morgan fingerprint density at radius 1 is 1.15 bits per heavy atom. The minimum absolute atomic E-state index is 0.0760. The van der Waals surface area contributed by atoms with Crippen LogP contribution in [0.25, 0.3) is 0 Å². The van der Waals surface area contributed by atoms with Crippen molar-refractivity contribution in [1.29, 1.82) is 0 Å². The molecule has 0 aromatic carbocycles. The van der Waals surface area contributed by atoms with Gasteiger partial charge in [0.05, 0.1) is 6.61 Å². The van der Waals surface area contributed by atoms with Gasteiger partial charge in [-0.15, -0.1) is 15.9 Å². The lowest BCUT2D eigenvalue weighted by atomic mass is 10.1. The second-order valence-electron chi connectivity index (χ2n) is 5.06. The fraction of sp³-hybridized carbons (Fsp3) is 0.600. The van der Waals surface area contributed by atoms with E-state index >= 15 is 0 Å². The summed E-state index contributed by atoms with van der Waals surface area (Å²) in [6, 6.07) is 0. The molecular weight excluding hydrogens is 274 g/mol. The summed E-state index contributed by atoms with van der Waals surface area (Å²) in [5.41, 5.74) is 1.40. The molecule has 0 radical (unpaired) electrons. The maximum absolute atomic E-state index is 12.3. The first-order chi connectivity index (χ1) is 9.57. The Bertz CT molecular complexity index is 546. The Kier molecular flexibility index (Phi) is 4.94. The van der Waals surface area contributed by atoms with E-state index in [2.05, 4.69) is 6.92 Å². The number of hydrogen-bond donors (Lipinski definition) is 1. The zero-order valence-electron chi connectivity index (χ0n) is 12.4. The van der Waals surface area contributed by atoms with Crippen LogP contribution in [0.4, 0.5) is 0 Å². The molecule has 0 atom stereocenters. The van der Waals surface area contributed by atoms with Crippen molar-refractivity contribution in [2.45, 2.75) is 40.0 Å². The summed E-state index contributed by atoms with van der Waals surface area (Å²) in [5, 5.41) is 10.2. The zero-order valence-corrected chi connectivity index (χ0v) is 13.2. The lowest BCUT2D eigenvalue weighted by Gasteiger charge is -2.01. The van der Waals surface area contributed by atoms with E-state index in [-0.39, 0.29) is 11.8 Å². The maximum atomic E-state index is 12.3. The molecule has 1 amide bonds. The van der Waals surface area contributed by atoms with Gasteiger partial charge in [-0.3, -0.25) is 0 Å². The average Bonchev–Trinajstić information content (AvgIpc) is 2.84. The van der Waals surface area contributed by atoms with Gasteiger partial charge < -0.3 is 9.84 Å². The highest BCUT2D eigenvalue weighted by molar-refractivity contribution is 7.12. The quantitative estimate of drug-likeness (QED) is 0.621. The van der Waals surface area contributed by atoms with E-state index in [1.165, 1.54) is 4.58 Å². The predicted molar refractivity (Wildman–Crippen MR) is 80.3 cm³/mol. The Labute approximate surface area is 123 Å². The second kappa shape index (κ2) is 6.50. The number of aliphatic hydroxyl groups is 1. The minimum Gasteiger partial charge on any atom is -0.459 e. The van der Waals surface area contributed by atoms with Crippen LogP contribution < -0.4 is 0 Å². The van der Waals surface area contributed by atoms with Crippen molar-refractivity contribution in [3.63, 3.8) is 0 Å². The highest BCUT2D eigenvalue weighted by Crippen LogP contribution is 2.31. The van der Waals surface area contributed by atoms with Crippen LogP contribution in [0.1, 0.15) is 51.9 Å². The predicted octanol–water partition coefficient (Wildman–Crippen LogP) is 3.04. The van der Waals surface area contributed by atoms with Crippen LogP contribution in [0, 0.1) is 13.8 Å². The van der Waals surface area contributed by atoms with Crippen molar-refractivity contribution >= 4 is 23.1 Å². The Morgan fingerprint density at radius 2 is 1.80 bits per heavy atom. The van der Waals surface area contributed by atoms with Crippen LogP contribution in [0.2, 0.25) is 0 Å². The number of unbranched alkanes of at least 4 members (excludes halogenated alkanes) is 1. The van der Waals surface area contributed by atoms with E-state index in [1.54, 1.807) is 11.3 Å². The van der Waals surface area contributed by atoms with Gasteiger partial charge in [0.25, 0.3) is 0 Å². The number of aryl methyl sites for hydroxylation is 2. The van der Waals surface area contributed by atoms with Crippen molar-refractivity contribution in [3.8, 4) is 0 Å². The molecule has 0 unspecified atom stereocenters. The first-order valence-corrected chi connectivity index (χ1v) is 7.95. The third-order valence-electron chi connectivity index (χ3n) is 3.51. The molecule has 1 aromatic rings. The fourth-order valence-corrected chi connectivity index (χ4v) is 3.50. The van der Waals surface area contributed by atoms with Crippen molar-refractivity contribution in [1.82, 2.24) is 0 Å². The molecule has 0 saturated heterocycles. The summed E-state index contributed by atoms with van der Waals surface area (Å²) in [7, 11) is 0. The van der Waals surface area contributed by atoms with E-state index in [9.17, 15) is 9.90 Å². The highest BCUT2D eigenvalue weighted by atomic mass is 32.1. The summed E-state index contributed by atoms with van der Waals surface area (Å²) in [5.74, 6) is 0.0355. The standard InChI is InChI=1S/C15H21NO3S/c1-4-5-8-19-9-6-7-16-14(17)12-10(2)20-11(3)13(12)15(16)18/h4-9H2,1-3H3/p+1. The fourth-order valence-electron chi connectivity index (χ4n) is 2.46. The van der Waals surface area contributed by atoms with Gasteiger partial charge in [-0.05, 0) is 20.3 Å². The SMILES string of the molecule is CCCCOCCC[N+]1=C(O)c2c(C)sc(C)c2C1=O. The second-order valence-corrected chi connectivity index (χ2v) is 6.49. The van der Waals surface area contributed by atoms with Crippen LogP contribution in [0.3, 0.4) is 0 Å². The summed E-state index contributed by atoms with van der Waals surface area (Å²) >= 11 is 1.57. The molecule has 0 aliphatic carbocycles. The number of hydrogen-bond acceptors (Lipinski definition) is 3. The van der Waals surface area contributed by atoms with Crippen LogP contribution >= 0.6 is 11.3 Å². The highest BCUT2D eigenvalue weighted by Gasteiger charge is 2.42. The van der Waals surface area contributed by atoms with Gasteiger partial charge in [0.1, 0.15) is 11.1 Å². The van der Waals surface area contributed by atoms with Gasteiger partial charge in [-0.25, -0.2) is 4.79 Å². The van der Waals surface area contributed by atoms with Crippen molar-refractivity contribution in [3.05, 3.63) is 20.9 Å². The van der Waals surface area contributed by atoms with Gasteiger partial charge in [-0.1, -0.05) is 13.3 Å².